The van der Waals surface area contributed by atoms with Gasteiger partial charge in [0.2, 0.25) is 11.8 Å². The van der Waals surface area contributed by atoms with Crippen LogP contribution in [0.15, 0.2) is 65.6 Å². The maximum absolute atomic E-state index is 14.2. The first-order chi connectivity index (χ1) is 19.9. The number of halogens is 3. The van der Waals surface area contributed by atoms with E-state index in [1.54, 1.807) is 43.3 Å². The number of carbonyl (C=O) groups excluding carboxylic acids is 2. The maximum atomic E-state index is 14.2. The molecular weight excluding hydrogens is 621 g/mol. The number of hydrogen-bond acceptors (Lipinski definition) is 5. The summed E-state index contributed by atoms with van der Waals surface area (Å²) < 4.78 is 34.6. The molecule has 0 heterocycles. The molecule has 42 heavy (non-hydrogen) atoms. The fourth-order valence-electron chi connectivity index (χ4n) is 4.33. The van der Waals surface area contributed by atoms with Crippen LogP contribution in [0.4, 0.5) is 5.69 Å². The lowest BCUT2D eigenvalue weighted by Crippen LogP contribution is -2.52. The number of sulfonamides is 1. The summed E-state index contributed by atoms with van der Waals surface area (Å²) in [5.41, 5.74) is 1.49. The first-order valence-electron chi connectivity index (χ1n) is 13.4. The van der Waals surface area contributed by atoms with Crippen LogP contribution in [0.2, 0.25) is 15.1 Å². The van der Waals surface area contributed by atoms with Crippen LogP contribution in [0, 0.1) is 6.92 Å². The monoisotopic (exact) mass is 653 g/mol. The fraction of sp³-hybridized carbons (Fsp3) is 0.333. The average molecular weight is 655 g/mol. The van der Waals surface area contributed by atoms with Crippen molar-refractivity contribution in [2.24, 2.45) is 0 Å². The van der Waals surface area contributed by atoms with Crippen molar-refractivity contribution in [1.82, 2.24) is 10.2 Å². The number of rotatable bonds is 13. The van der Waals surface area contributed by atoms with Gasteiger partial charge in [0.1, 0.15) is 18.3 Å². The highest BCUT2D eigenvalue weighted by molar-refractivity contribution is 7.92. The first-order valence-corrected chi connectivity index (χ1v) is 15.9. The Morgan fingerprint density at radius 3 is 2.19 bits per heavy atom. The number of benzene rings is 3. The molecule has 3 rings (SSSR count). The zero-order valence-electron chi connectivity index (χ0n) is 23.9. The van der Waals surface area contributed by atoms with Crippen LogP contribution in [-0.2, 0) is 26.2 Å². The molecule has 0 saturated heterocycles. The van der Waals surface area contributed by atoms with E-state index in [9.17, 15) is 18.0 Å². The number of carbonyl (C=O) groups is 2. The van der Waals surface area contributed by atoms with Gasteiger partial charge in [-0.3, -0.25) is 13.9 Å². The third-order valence-electron chi connectivity index (χ3n) is 6.59. The molecule has 1 N–H and O–H groups in total. The predicted octanol–water partition coefficient (Wildman–Crippen LogP) is 6.49. The van der Waals surface area contributed by atoms with E-state index in [0.29, 0.717) is 28.6 Å². The number of nitrogens with zero attached hydrogens (tertiary/aromatic N) is 2. The Morgan fingerprint density at radius 2 is 1.60 bits per heavy atom. The normalized spacial score (nSPS) is 12.0. The van der Waals surface area contributed by atoms with E-state index in [1.165, 1.54) is 36.3 Å². The standard InChI is InChI=1S/C30H34Cl3N3O5S/c1-5-15-34-30(38)26(6-2)35(18-21-9-10-22(31)16-25(21)33)29(37)19-36(27-17-23(32)11-14-28(27)41-4)42(39,40)24-12-7-20(3)8-13-24/h7-14,16-17,26H,5-6,15,18-19H2,1-4H3,(H,34,38). The van der Waals surface area contributed by atoms with Gasteiger partial charge in [0.15, 0.2) is 0 Å². The Hall–Kier alpha value is -2.98. The van der Waals surface area contributed by atoms with Gasteiger partial charge in [0, 0.05) is 28.2 Å². The number of anilines is 1. The molecule has 3 aromatic carbocycles. The zero-order valence-corrected chi connectivity index (χ0v) is 26.9. The highest BCUT2D eigenvalue weighted by atomic mass is 35.5. The summed E-state index contributed by atoms with van der Waals surface area (Å²) in [6, 6.07) is 14.7. The molecule has 0 radical (unpaired) electrons. The van der Waals surface area contributed by atoms with E-state index in [1.807, 2.05) is 13.8 Å². The van der Waals surface area contributed by atoms with Crippen molar-refractivity contribution in [1.29, 1.82) is 0 Å². The molecule has 0 aliphatic carbocycles. The molecule has 226 valence electrons. The lowest BCUT2D eigenvalue weighted by atomic mass is 10.1. The van der Waals surface area contributed by atoms with Crippen molar-refractivity contribution in [3.8, 4) is 5.75 Å². The summed E-state index contributed by atoms with van der Waals surface area (Å²) >= 11 is 18.8. The van der Waals surface area contributed by atoms with E-state index in [0.717, 1.165) is 9.87 Å². The number of ether oxygens (including phenoxy) is 1. The van der Waals surface area contributed by atoms with E-state index >= 15 is 0 Å². The molecule has 0 aliphatic heterocycles. The summed E-state index contributed by atoms with van der Waals surface area (Å²) in [6.07, 6.45) is 0.980. The van der Waals surface area contributed by atoms with Crippen LogP contribution >= 0.6 is 34.8 Å². The third kappa shape index (κ3) is 8.10. The van der Waals surface area contributed by atoms with Crippen molar-refractivity contribution in [2.75, 3.05) is 24.5 Å². The molecule has 0 fully saturated rings. The fourth-order valence-corrected chi connectivity index (χ4v) is 6.38. The Labute approximate surface area is 262 Å². The summed E-state index contributed by atoms with van der Waals surface area (Å²) in [6.45, 7) is 5.26. The number of nitrogens with one attached hydrogen (secondary N) is 1. The first kappa shape index (κ1) is 33.5. The van der Waals surface area contributed by atoms with Crippen molar-refractivity contribution in [2.45, 2.75) is 51.1 Å². The van der Waals surface area contributed by atoms with Crippen LogP contribution in [0.25, 0.3) is 0 Å². The van der Waals surface area contributed by atoms with Crippen LogP contribution in [-0.4, -0.2) is 51.4 Å². The Kier molecular flexibility index (Phi) is 11.9. The Bertz CT molecular complexity index is 1520. The summed E-state index contributed by atoms with van der Waals surface area (Å²) in [4.78, 5) is 28.7. The minimum Gasteiger partial charge on any atom is -0.495 e. The zero-order chi connectivity index (χ0) is 31.0. The Morgan fingerprint density at radius 1 is 0.952 bits per heavy atom. The van der Waals surface area contributed by atoms with Gasteiger partial charge in [-0.05, 0) is 67.8 Å². The van der Waals surface area contributed by atoms with Gasteiger partial charge in [-0.1, -0.05) is 72.4 Å². The smallest absolute Gasteiger partial charge is 0.264 e. The highest BCUT2D eigenvalue weighted by Crippen LogP contribution is 2.35. The molecule has 0 saturated carbocycles. The van der Waals surface area contributed by atoms with Crippen LogP contribution in [0.5, 0.6) is 5.75 Å². The number of methoxy groups -OCH3 is 1. The number of amides is 2. The van der Waals surface area contributed by atoms with Gasteiger partial charge in [-0.2, -0.15) is 0 Å². The largest absolute Gasteiger partial charge is 0.495 e. The number of hydrogen-bond donors (Lipinski definition) is 1. The SMILES string of the molecule is CCCNC(=O)C(CC)N(Cc1ccc(Cl)cc1Cl)C(=O)CN(c1cc(Cl)ccc1OC)S(=O)(=O)c1ccc(C)cc1. The van der Waals surface area contributed by atoms with Gasteiger partial charge < -0.3 is 15.0 Å². The Balaban J connectivity index is 2.14. The van der Waals surface area contributed by atoms with Crippen LogP contribution in [0.3, 0.4) is 0 Å². The molecule has 0 bridgehead atoms. The summed E-state index contributed by atoms with van der Waals surface area (Å²) in [7, 11) is -2.91. The molecule has 1 atom stereocenters. The predicted molar refractivity (Wildman–Crippen MR) is 168 cm³/mol. The molecule has 12 heteroatoms. The van der Waals surface area contributed by atoms with Gasteiger partial charge in [0.25, 0.3) is 10.0 Å². The maximum Gasteiger partial charge on any atom is 0.264 e. The molecule has 1 unspecified atom stereocenters. The van der Waals surface area contributed by atoms with Crippen molar-refractivity contribution in [3.63, 3.8) is 0 Å². The third-order valence-corrected chi connectivity index (χ3v) is 9.18. The van der Waals surface area contributed by atoms with Crippen molar-refractivity contribution >= 4 is 62.3 Å². The van der Waals surface area contributed by atoms with Crippen molar-refractivity contribution < 1.29 is 22.7 Å². The van der Waals surface area contributed by atoms with Gasteiger partial charge in [0.05, 0.1) is 17.7 Å². The van der Waals surface area contributed by atoms with E-state index in [4.69, 9.17) is 39.5 Å². The number of aryl methyl sites for hydroxylation is 1. The molecular formula is C30H34Cl3N3O5S. The molecule has 0 aliphatic rings. The average Bonchev–Trinajstić information content (AvgIpc) is 2.95. The summed E-state index contributed by atoms with van der Waals surface area (Å²) in [5.74, 6) is -0.786. The van der Waals surface area contributed by atoms with Crippen LogP contribution < -0.4 is 14.4 Å². The molecule has 2 amide bonds. The second kappa shape index (κ2) is 15.0. The molecule has 3 aromatic rings. The minimum absolute atomic E-state index is 0.0250. The van der Waals surface area contributed by atoms with Gasteiger partial charge in [-0.25, -0.2) is 8.42 Å². The molecule has 0 aromatic heterocycles. The van der Waals surface area contributed by atoms with E-state index < -0.39 is 28.5 Å². The highest BCUT2D eigenvalue weighted by Gasteiger charge is 2.35. The lowest BCUT2D eigenvalue weighted by molar-refractivity contribution is -0.140. The van der Waals surface area contributed by atoms with Gasteiger partial charge >= 0.3 is 0 Å². The second-order valence-electron chi connectivity index (χ2n) is 9.61. The van der Waals surface area contributed by atoms with E-state index in [-0.39, 0.29) is 40.2 Å². The van der Waals surface area contributed by atoms with E-state index in [2.05, 4.69) is 5.32 Å². The topological polar surface area (TPSA) is 96.0 Å². The molecule has 8 nitrogen and oxygen atoms in total. The molecule has 0 spiro atoms. The van der Waals surface area contributed by atoms with Gasteiger partial charge in [-0.15, -0.1) is 0 Å². The lowest BCUT2D eigenvalue weighted by Gasteiger charge is -2.33. The second-order valence-corrected chi connectivity index (χ2v) is 12.8. The van der Waals surface area contributed by atoms with Crippen molar-refractivity contribution in [3.05, 3.63) is 86.9 Å². The quantitative estimate of drug-likeness (QED) is 0.227. The minimum atomic E-state index is -4.30. The summed E-state index contributed by atoms with van der Waals surface area (Å²) in [5, 5.41) is 3.82. The van der Waals surface area contributed by atoms with Crippen LogP contribution in [0.1, 0.15) is 37.8 Å².